The molecule has 4 aromatic rings. The summed E-state index contributed by atoms with van der Waals surface area (Å²) in [6.45, 7) is 8.35. The van der Waals surface area contributed by atoms with Crippen LogP contribution in [0.2, 0.25) is 0 Å². The normalized spacial score (nSPS) is 14.2. The maximum absolute atomic E-state index is 15.3. The molecule has 0 spiro atoms. The Hall–Kier alpha value is -4.11. The summed E-state index contributed by atoms with van der Waals surface area (Å²) in [5.74, 6) is -0.582. The van der Waals surface area contributed by atoms with Crippen molar-refractivity contribution in [3.8, 4) is 11.1 Å². The van der Waals surface area contributed by atoms with E-state index in [-0.39, 0.29) is 12.4 Å². The Bertz CT molecular complexity index is 1470. The number of benzene rings is 2. The van der Waals surface area contributed by atoms with E-state index in [1.165, 1.54) is 0 Å². The second kappa shape index (κ2) is 10.1. The van der Waals surface area contributed by atoms with Gasteiger partial charge in [0, 0.05) is 55.2 Å². The van der Waals surface area contributed by atoms with Crippen LogP contribution in [0.25, 0.3) is 22.0 Å². The standard InChI is InChI=1S/C28H29FN6O2/c1-17-4-5-18(2)24(12-17)33-27-22-13-20(6-7-23(22)32-19(3)26(27)29)21-14-30-28(31-15-21)35-10-8-34(9-11-35)16-25(36)37/h4-7,12-15H,8-11,16H2,1-3H3,(H,32,33)(H,36,37). The summed E-state index contributed by atoms with van der Waals surface area (Å²) in [4.78, 5) is 28.5. The molecule has 2 aromatic heterocycles. The minimum Gasteiger partial charge on any atom is -0.480 e. The van der Waals surface area contributed by atoms with Gasteiger partial charge in [-0.05, 0) is 55.7 Å². The zero-order chi connectivity index (χ0) is 26.1. The van der Waals surface area contributed by atoms with Gasteiger partial charge in [-0.1, -0.05) is 18.2 Å². The summed E-state index contributed by atoms with van der Waals surface area (Å²) in [6.07, 6.45) is 3.53. The lowest BCUT2D eigenvalue weighted by Gasteiger charge is -2.33. The van der Waals surface area contributed by atoms with Gasteiger partial charge in [-0.2, -0.15) is 0 Å². The van der Waals surface area contributed by atoms with E-state index < -0.39 is 5.97 Å². The number of hydrogen-bond donors (Lipinski definition) is 2. The van der Waals surface area contributed by atoms with Gasteiger partial charge in [0.1, 0.15) is 0 Å². The second-order valence-corrected chi connectivity index (χ2v) is 9.49. The van der Waals surface area contributed by atoms with E-state index in [1.54, 1.807) is 19.3 Å². The van der Waals surface area contributed by atoms with E-state index in [9.17, 15) is 4.79 Å². The summed E-state index contributed by atoms with van der Waals surface area (Å²) in [5, 5.41) is 13.0. The summed E-state index contributed by atoms with van der Waals surface area (Å²) < 4.78 is 15.3. The van der Waals surface area contributed by atoms with Crippen molar-refractivity contribution in [2.45, 2.75) is 20.8 Å². The number of halogens is 1. The monoisotopic (exact) mass is 500 g/mol. The predicted octanol–water partition coefficient (Wildman–Crippen LogP) is 4.71. The summed E-state index contributed by atoms with van der Waals surface area (Å²) in [5.41, 5.74) is 6.08. The summed E-state index contributed by atoms with van der Waals surface area (Å²) in [7, 11) is 0. The second-order valence-electron chi connectivity index (χ2n) is 9.49. The fourth-order valence-corrected chi connectivity index (χ4v) is 4.60. The molecule has 1 saturated heterocycles. The highest BCUT2D eigenvalue weighted by atomic mass is 19.1. The van der Waals surface area contributed by atoms with Gasteiger partial charge >= 0.3 is 5.97 Å². The predicted molar refractivity (Wildman–Crippen MR) is 143 cm³/mol. The summed E-state index contributed by atoms with van der Waals surface area (Å²) >= 11 is 0. The van der Waals surface area contributed by atoms with Gasteiger partial charge in [0.25, 0.3) is 0 Å². The van der Waals surface area contributed by atoms with Crippen molar-refractivity contribution in [1.29, 1.82) is 0 Å². The van der Waals surface area contributed by atoms with Crippen molar-refractivity contribution in [3.63, 3.8) is 0 Å². The molecule has 0 amide bonds. The number of aromatic nitrogens is 3. The van der Waals surface area contributed by atoms with Gasteiger partial charge in [0.2, 0.25) is 5.95 Å². The van der Waals surface area contributed by atoms with E-state index >= 15 is 4.39 Å². The number of piperazine rings is 1. The van der Waals surface area contributed by atoms with Gasteiger partial charge in [0.15, 0.2) is 5.82 Å². The molecule has 0 saturated carbocycles. The molecule has 0 atom stereocenters. The first-order valence-corrected chi connectivity index (χ1v) is 12.2. The summed E-state index contributed by atoms with van der Waals surface area (Å²) in [6, 6.07) is 11.8. The molecular weight excluding hydrogens is 471 g/mol. The Labute approximate surface area is 214 Å². The smallest absolute Gasteiger partial charge is 0.317 e. The van der Waals surface area contributed by atoms with Crippen LogP contribution in [-0.2, 0) is 4.79 Å². The third-order valence-corrected chi connectivity index (χ3v) is 6.73. The quantitative estimate of drug-likeness (QED) is 0.393. The van der Waals surface area contributed by atoms with Crippen LogP contribution >= 0.6 is 0 Å². The highest BCUT2D eigenvalue weighted by molar-refractivity contribution is 5.96. The Kier molecular flexibility index (Phi) is 6.71. The molecule has 2 N–H and O–H groups in total. The molecule has 2 aromatic carbocycles. The Morgan fingerprint density at radius 2 is 1.73 bits per heavy atom. The number of anilines is 3. The van der Waals surface area contributed by atoms with Crippen molar-refractivity contribution in [2.75, 3.05) is 42.9 Å². The van der Waals surface area contributed by atoms with Crippen LogP contribution in [0.1, 0.15) is 16.8 Å². The largest absolute Gasteiger partial charge is 0.480 e. The minimum absolute atomic E-state index is 0.0465. The first-order chi connectivity index (χ1) is 17.8. The van der Waals surface area contributed by atoms with Crippen molar-refractivity contribution in [3.05, 3.63) is 71.4 Å². The molecule has 5 rings (SSSR count). The fourth-order valence-electron chi connectivity index (χ4n) is 4.60. The average molecular weight is 501 g/mol. The Balaban J connectivity index is 1.43. The van der Waals surface area contributed by atoms with Crippen LogP contribution in [0.3, 0.4) is 0 Å². The average Bonchev–Trinajstić information content (AvgIpc) is 2.89. The third-order valence-electron chi connectivity index (χ3n) is 6.73. The van der Waals surface area contributed by atoms with Gasteiger partial charge < -0.3 is 15.3 Å². The van der Waals surface area contributed by atoms with Crippen molar-refractivity contribution in [2.24, 2.45) is 0 Å². The fraction of sp³-hybridized carbons (Fsp3) is 0.286. The maximum Gasteiger partial charge on any atom is 0.317 e. The molecule has 3 heterocycles. The number of aryl methyl sites for hydroxylation is 3. The van der Waals surface area contributed by atoms with Gasteiger partial charge in [0.05, 0.1) is 23.4 Å². The molecule has 8 nitrogen and oxygen atoms in total. The third kappa shape index (κ3) is 5.22. The van der Waals surface area contributed by atoms with Crippen LogP contribution in [0.15, 0.2) is 48.8 Å². The number of rotatable bonds is 6. The number of carboxylic acid groups (broad SMARTS) is 1. The molecule has 0 radical (unpaired) electrons. The number of nitrogens with one attached hydrogen (secondary N) is 1. The van der Waals surface area contributed by atoms with Crippen LogP contribution < -0.4 is 10.2 Å². The van der Waals surface area contributed by atoms with Crippen molar-refractivity contribution >= 4 is 34.2 Å². The van der Waals surface area contributed by atoms with E-state index in [0.29, 0.717) is 54.4 Å². The van der Waals surface area contributed by atoms with Crippen LogP contribution in [0.5, 0.6) is 0 Å². The first-order valence-electron chi connectivity index (χ1n) is 12.2. The maximum atomic E-state index is 15.3. The van der Waals surface area contributed by atoms with E-state index in [0.717, 1.165) is 27.9 Å². The number of nitrogens with zero attached hydrogens (tertiary/aromatic N) is 5. The lowest BCUT2D eigenvalue weighted by atomic mass is 10.0. The molecular formula is C28H29FN6O2. The van der Waals surface area contributed by atoms with Crippen LogP contribution in [0.4, 0.5) is 21.7 Å². The molecule has 190 valence electrons. The Morgan fingerprint density at radius 3 is 2.43 bits per heavy atom. The lowest BCUT2D eigenvalue weighted by Crippen LogP contribution is -2.48. The van der Waals surface area contributed by atoms with E-state index in [1.807, 2.05) is 55.1 Å². The molecule has 0 unspecified atom stereocenters. The molecule has 9 heteroatoms. The molecule has 1 aliphatic rings. The van der Waals surface area contributed by atoms with E-state index in [2.05, 4.69) is 25.2 Å². The SMILES string of the molecule is Cc1ccc(C)c(Nc2c(F)c(C)nc3ccc(-c4cnc(N5CCN(CC(=O)O)CC5)nc4)cc23)c1. The first kappa shape index (κ1) is 24.6. The zero-order valence-corrected chi connectivity index (χ0v) is 21.1. The highest BCUT2D eigenvalue weighted by Gasteiger charge is 2.21. The number of carbonyl (C=O) groups is 1. The van der Waals surface area contributed by atoms with Crippen LogP contribution in [0, 0.1) is 26.6 Å². The van der Waals surface area contributed by atoms with Gasteiger partial charge in [-0.15, -0.1) is 0 Å². The number of fused-ring (bicyclic) bond motifs is 1. The number of aliphatic carboxylic acids is 1. The van der Waals surface area contributed by atoms with Crippen LogP contribution in [-0.4, -0.2) is 63.7 Å². The molecule has 1 aliphatic heterocycles. The number of carboxylic acids is 1. The zero-order valence-electron chi connectivity index (χ0n) is 21.1. The topological polar surface area (TPSA) is 94.5 Å². The molecule has 0 aliphatic carbocycles. The van der Waals surface area contributed by atoms with Crippen molar-refractivity contribution < 1.29 is 14.3 Å². The molecule has 0 bridgehead atoms. The minimum atomic E-state index is -0.818. The van der Waals surface area contributed by atoms with Gasteiger partial charge in [-0.3, -0.25) is 9.69 Å². The molecule has 1 fully saturated rings. The highest BCUT2D eigenvalue weighted by Crippen LogP contribution is 2.34. The number of pyridine rings is 1. The Morgan fingerprint density at radius 1 is 1.00 bits per heavy atom. The van der Waals surface area contributed by atoms with E-state index in [4.69, 9.17) is 5.11 Å². The molecule has 37 heavy (non-hydrogen) atoms. The van der Waals surface area contributed by atoms with Crippen molar-refractivity contribution in [1.82, 2.24) is 19.9 Å². The number of hydrogen-bond acceptors (Lipinski definition) is 7. The van der Waals surface area contributed by atoms with Gasteiger partial charge in [-0.25, -0.2) is 19.3 Å². The lowest BCUT2D eigenvalue weighted by molar-refractivity contribution is -0.138.